The highest BCUT2D eigenvalue weighted by Gasteiger charge is 2.06. The Kier molecular flexibility index (Phi) is 6.31. The largest absolute Gasteiger partial charge is 0.356 e. The Labute approximate surface area is 111 Å². The van der Waals surface area contributed by atoms with Gasteiger partial charge in [-0.2, -0.15) is 0 Å². The van der Waals surface area contributed by atoms with E-state index in [0.717, 1.165) is 6.42 Å². The Hall–Kier alpha value is -2.15. The quantitative estimate of drug-likeness (QED) is 0.410. The summed E-state index contributed by atoms with van der Waals surface area (Å²) in [5.74, 6) is 5.32. The van der Waals surface area contributed by atoms with Crippen LogP contribution in [0.2, 0.25) is 0 Å². The topological polar surface area (TPSA) is 109 Å². The van der Waals surface area contributed by atoms with Crippen LogP contribution >= 0.6 is 0 Å². The molecule has 1 aromatic rings. The molecular weight excluding hydrogens is 246 g/mol. The predicted octanol–water partition coefficient (Wildman–Crippen LogP) is 0.0133. The van der Waals surface area contributed by atoms with Gasteiger partial charge in [0, 0.05) is 25.7 Å². The van der Waals surface area contributed by atoms with Gasteiger partial charge in [0.25, 0.3) is 5.91 Å². The zero-order valence-corrected chi connectivity index (χ0v) is 10.9. The first-order chi connectivity index (χ1) is 9.17. The van der Waals surface area contributed by atoms with Gasteiger partial charge in [0.05, 0.1) is 5.56 Å². The molecule has 0 radical (unpaired) electrons. The van der Waals surface area contributed by atoms with Crippen molar-refractivity contribution >= 4 is 17.6 Å². The lowest BCUT2D eigenvalue weighted by atomic mass is 10.2. The first kappa shape index (κ1) is 14.9. The van der Waals surface area contributed by atoms with Crippen LogP contribution in [0.15, 0.2) is 18.3 Å². The van der Waals surface area contributed by atoms with Gasteiger partial charge in [-0.1, -0.05) is 6.92 Å². The number of pyridine rings is 1. The highest BCUT2D eigenvalue weighted by Crippen LogP contribution is 2.03. The molecule has 0 saturated heterocycles. The van der Waals surface area contributed by atoms with Crippen molar-refractivity contribution in [1.82, 2.24) is 15.6 Å². The van der Waals surface area contributed by atoms with Crippen molar-refractivity contribution in [2.45, 2.75) is 19.8 Å². The molecule has 1 heterocycles. The summed E-state index contributed by atoms with van der Waals surface area (Å²) in [6.07, 6.45) is 2.58. The first-order valence-electron chi connectivity index (χ1n) is 6.15. The van der Waals surface area contributed by atoms with E-state index in [4.69, 9.17) is 5.84 Å². The molecule has 2 amide bonds. The molecule has 0 bridgehead atoms. The van der Waals surface area contributed by atoms with E-state index in [1.54, 1.807) is 12.1 Å². The van der Waals surface area contributed by atoms with E-state index in [-0.39, 0.29) is 18.2 Å². The van der Waals surface area contributed by atoms with E-state index in [1.807, 2.05) is 6.92 Å². The molecule has 0 atom stereocenters. The summed E-state index contributed by atoms with van der Waals surface area (Å²) in [5.41, 5.74) is 2.80. The molecule has 104 valence electrons. The lowest BCUT2D eigenvalue weighted by molar-refractivity contribution is -0.120. The van der Waals surface area contributed by atoms with Crippen LogP contribution in [0, 0.1) is 0 Å². The highest BCUT2D eigenvalue weighted by atomic mass is 16.2. The molecule has 0 fully saturated rings. The van der Waals surface area contributed by atoms with Crippen LogP contribution in [-0.2, 0) is 4.79 Å². The normalized spacial score (nSPS) is 9.79. The third-order valence-electron chi connectivity index (χ3n) is 2.38. The van der Waals surface area contributed by atoms with Crippen molar-refractivity contribution < 1.29 is 9.59 Å². The summed E-state index contributed by atoms with van der Waals surface area (Å²) in [6, 6.07) is 3.21. The number of hydrogen-bond donors (Lipinski definition) is 4. The molecule has 0 aliphatic rings. The van der Waals surface area contributed by atoms with E-state index in [2.05, 4.69) is 21.0 Å². The minimum absolute atomic E-state index is 0.0667. The van der Waals surface area contributed by atoms with Crippen LogP contribution in [0.5, 0.6) is 0 Å². The SMILES string of the molecule is CCCNC(=O)CCNC(=O)c1ccc(NN)nc1. The van der Waals surface area contributed by atoms with Gasteiger partial charge in [0.2, 0.25) is 5.91 Å². The second kappa shape index (κ2) is 8.04. The molecule has 0 aromatic carbocycles. The summed E-state index contributed by atoms with van der Waals surface area (Å²) >= 11 is 0. The van der Waals surface area contributed by atoms with Crippen LogP contribution < -0.4 is 21.9 Å². The van der Waals surface area contributed by atoms with Crippen molar-refractivity contribution in [2.24, 2.45) is 5.84 Å². The second-order valence-electron chi connectivity index (χ2n) is 3.93. The number of aromatic nitrogens is 1. The van der Waals surface area contributed by atoms with E-state index in [1.165, 1.54) is 6.20 Å². The predicted molar refractivity (Wildman–Crippen MR) is 72.3 cm³/mol. The third-order valence-corrected chi connectivity index (χ3v) is 2.38. The Morgan fingerprint density at radius 2 is 2.05 bits per heavy atom. The maximum Gasteiger partial charge on any atom is 0.252 e. The summed E-state index contributed by atoms with van der Waals surface area (Å²) in [6.45, 7) is 2.93. The van der Waals surface area contributed by atoms with E-state index >= 15 is 0 Å². The maximum atomic E-state index is 11.7. The molecule has 19 heavy (non-hydrogen) atoms. The average Bonchev–Trinajstić information content (AvgIpc) is 2.45. The standard InChI is InChI=1S/C12H19N5O2/c1-2-6-14-11(18)5-7-15-12(19)9-3-4-10(17-13)16-8-9/h3-4,8H,2,5-7,13H2,1H3,(H,14,18)(H,15,19)(H,16,17). The van der Waals surface area contributed by atoms with E-state index in [9.17, 15) is 9.59 Å². The van der Waals surface area contributed by atoms with Crippen molar-refractivity contribution in [3.8, 4) is 0 Å². The third kappa shape index (κ3) is 5.35. The molecule has 1 rings (SSSR count). The number of amides is 2. The minimum atomic E-state index is -0.264. The van der Waals surface area contributed by atoms with Gasteiger partial charge in [-0.3, -0.25) is 9.59 Å². The number of nitrogens with two attached hydrogens (primary N) is 1. The summed E-state index contributed by atoms with van der Waals surface area (Å²) < 4.78 is 0. The molecule has 0 unspecified atom stereocenters. The van der Waals surface area contributed by atoms with Crippen molar-refractivity contribution in [1.29, 1.82) is 0 Å². The van der Waals surface area contributed by atoms with Crippen molar-refractivity contribution in [3.05, 3.63) is 23.9 Å². The van der Waals surface area contributed by atoms with Gasteiger partial charge in [-0.25, -0.2) is 10.8 Å². The van der Waals surface area contributed by atoms with Gasteiger partial charge >= 0.3 is 0 Å². The van der Waals surface area contributed by atoms with Crippen molar-refractivity contribution in [3.63, 3.8) is 0 Å². The monoisotopic (exact) mass is 265 g/mol. The molecule has 7 nitrogen and oxygen atoms in total. The Balaban J connectivity index is 2.32. The van der Waals surface area contributed by atoms with Crippen LogP contribution in [0.1, 0.15) is 30.1 Å². The molecule has 0 spiro atoms. The number of hydrazine groups is 1. The molecule has 7 heteroatoms. The van der Waals surface area contributed by atoms with Crippen molar-refractivity contribution in [2.75, 3.05) is 18.5 Å². The van der Waals surface area contributed by atoms with E-state index < -0.39 is 0 Å². The number of anilines is 1. The molecule has 0 aliphatic heterocycles. The number of carbonyl (C=O) groups is 2. The fourth-order valence-electron chi connectivity index (χ4n) is 1.36. The Morgan fingerprint density at radius 1 is 1.26 bits per heavy atom. The number of hydrogen-bond acceptors (Lipinski definition) is 5. The minimum Gasteiger partial charge on any atom is -0.356 e. The fourth-order valence-corrected chi connectivity index (χ4v) is 1.36. The van der Waals surface area contributed by atoms with E-state index in [0.29, 0.717) is 24.5 Å². The average molecular weight is 265 g/mol. The second-order valence-corrected chi connectivity index (χ2v) is 3.93. The smallest absolute Gasteiger partial charge is 0.252 e. The summed E-state index contributed by atoms with van der Waals surface area (Å²) in [4.78, 5) is 26.9. The number of carbonyl (C=O) groups excluding carboxylic acids is 2. The lowest BCUT2D eigenvalue weighted by Crippen LogP contribution is -2.31. The molecule has 0 aliphatic carbocycles. The van der Waals surface area contributed by atoms with Crippen LogP contribution in [-0.4, -0.2) is 29.9 Å². The number of rotatable bonds is 7. The zero-order valence-electron chi connectivity index (χ0n) is 10.9. The molecule has 0 saturated carbocycles. The summed E-state index contributed by atoms with van der Waals surface area (Å²) in [7, 11) is 0. The molecule has 5 N–H and O–H groups in total. The number of nitrogen functional groups attached to an aromatic ring is 1. The van der Waals surface area contributed by atoms with Gasteiger partial charge in [-0.15, -0.1) is 0 Å². The van der Waals surface area contributed by atoms with Gasteiger partial charge in [-0.05, 0) is 18.6 Å². The Morgan fingerprint density at radius 3 is 2.63 bits per heavy atom. The number of nitrogens with one attached hydrogen (secondary N) is 3. The van der Waals surface area contributed by atoms with Crippen LogP contribution in [0.4, 0.5) is 5.82 Å². The lowest BCUT2D eigenvalue weighted by Gasteiger charge is -2.06. The highest BCUT2D eigenvalue weighted by molar-refractivity contribution is 5.94. The van der Waals surface area contributed by atoms with Crippen LogP contribution in [0.25, 0.3) is 0 Å². The maximum absolute atomic E-state index is 11.7. The zero-order chi connectivity index (χ0) is 14.1. The number of nitrogens with zero attached hydrogens (tertiary/aromatic N) is 1. The van der Waals surface area contributed by atoms with Crippen LogP contribution in [0.3, 0.4) is 0 Å². The van der Waals surface area contributed by atoms with Gasteiger partial charge in [0.1, 0.15) is 5.82 Å². The first-order valence-corrected chi connectivity index (χ1v) is 6.15. The molecular formula is C12H19N5O2. The van der Waals surface area contributed by atoms with Gasteiger partial charge in [0.15, 0.2) is 0 Å². The Bertz CT molecular complexity index is 419. The molecule has 1 aromatic heterocycles. The van der Waals surface area contributed by atoms with Gasteiger partial charge < -0.3 is 16.1 Å². The fraction of sp³-hybridized carbons (Fsp3) is 0.417. The summed E-state index contributed by atoms with van der Waals surface area (Å²) in [5, 5.41) is 5.39.